The number of β-amino-alcohol motifs (C(OH)–C–C–N with tert-alkyl or cyclic N) is 2. The predicted octanol–water partition coefficient (Wildman–Crippen LogP) is 2.12. The highest BCUT2D eigenvalue weighted by atomic mass is 16.5. The third kappa shape index (κ3) is 6.75. The van der Waals surface area contributed by atoms with Crippen LogP contribution >= 0.6 is 0 Å². The van der Waals surface area contributed by atoms with Crippen LogP contribution in [0.1, 0.15) is 37.3 Å². The maximum atomic E-state index is 13.0. The van der Waals surface area contributed by atoms with Gasteiger partial charge >= 0.3 is 6.03 Å². The second-order valence-corrected chi connectivity index (χ2v) is 10.4. The summed E-state index contributed by atoms with van der Waals surface area (Å²) >= 11 is 0. The first-order valence-electron chi connectivity index (χ1n) is 13.3. The number of allylic oxidation sites excluding steroid dienone is 2. The molecule has 8 heteroatoms. The van der Waals surface area contributed by atoms with E-state index in [4.69, 9.17) is 4.74 Å². The quantitative estimate of drug-likeness (QED) is 0.292. The molecule has 0 spiro atoms. The molecule has 2 fully saturated rings. The van der Waals surface area contributed by atoms with Crippen molar-refractivity contribution in [1.29, 1.82) is 0 Å². The fourth-order valence-electron chi connectivity index (χ4n) is 5.50. The fourth-order valence-corrected chi connectivity index (χ4v) is 5.50. The average molecular weight is 499 g/mol. The Balaban J connectivity index is 1.40. The molecule has 36 heavy (non-hydrogen) atoms. The Hall–Kier alpha value is -2.23. The number of aryl methyl sites for hydroxylation is 1. The predicted molar refractivity (Wildman–Crippen MR) is 141 cm³/mol. The zero-order valence-electron chi connectivity index (χ0n) is 21.7. The summed E-state index contributed by atoms with van der Waals surface area (Å²) < 4.78 is 6.49. The van der Waals surface area contributed by atoms with Crippen LogP contribution in [0.15, 0.2) is 42.5 Å². The number of urea groups is 1. The number of carbonyl (C=O) groups is 1. The van der Waals surface area contributed by atoms with Gasteiger partial charge in [0.1, 0.15) is 0 Å². The van der Waals surface area contributed by atoms with E-state index in [1.807, 2.05) is 24.3 Å². The normalized spacial score (nSPS) is 28.9. The molecule has 1 aromatic carbocycles. The first-order chi connectivity index (χ1) is 17.4. The lowest BCUT2D eigenvalue weighted by Gasteiger charge is -2.40. The van der Waals surface area contributed by atoms with Crippen LogP contribution in [0.25, 0.3) is 5.57 Å². The van der Waals surface area contributed by atoms with Gasteiger partial charge in [-0.2, -0.15) is 0 Å². The number of ether oxygens (including phenoxy) is 1. The monoisotopic (exact) mass is 498 g/mol. The van der Waals surface area contributed by atoms with E-state index in [1.165, 1.54) is 5.56 Å². The van der Waals surface area contributed by atoms with E-state index >= 15 is 0 Å². The third-order valence-corrected chi connectivity index (χ3v) is 7.66. The smallest absolute Gasteiger partial charge is 0.317 e. The van der Waals surface area contributed by atoms with Crippen LogP contribution < -0.4 is 10.6 Å². The Bertz CT molecular complexity index is 951. The molecule has 2 unspecified atom stereocenters. The summed E-state index contributed by atoms with van der Waals surface area (Å²) in [6.45, 7) is 9.92. The van der Waals surface area contributed by atoms with Crippen molar-refractivity contribution in [1.82, 2.24) is 20.4 Å². The van der Waals surface area contributed by atoms with Crippen molar-refractivity contribution in [3.63, 3.8) is 0 Å². The topological polar surface area (TPSA) is 97.3 Å². The maximum absolute atomic E-state index is 13.0. The number of hydrogen-bond acceptors (Lipinski definition) is 6. The Kier molecular flexibility index (Phi) is 9.19. The van der Waals surface area contributed by atoms with Crippen molar-refractivity contribution in [3.8, 4) is 0 Å². The molecule has 0 aromatic heterocycles. The van der Waals surface area contributed by atoms with E-state index in [1.54, 1.807) is 0 Å². The number of rotatable bonds is 10. The lowest BCUT2D eigenvalue weighted by atomic mass is 9.80. The number of carbonyl (C=O) groups excluding carboxylic acids is 1. The molecule has 0 radical (unpaired) electrons. The van der Waals surface area contributed by atoms with Crippen LogP contribution in [-0.4, -0.2) is 96.4 Å². The molecule has 2 heterocycles. The number of aliphatic hydroxyl groups is 2. The summed E-state index contributed by atoms with van der Waals surface area (Å²) in [4.78, 5) is 17.4. The van der Waals surface area contributed by atoms with Gasteiger partial charge in [0.25, 0.3) is 0 Å². The van der Waals surface area contributed by atoms with Crippen molar-refractivity contribution in [3.05, 3.63) is 53.6 Å². The zero-order valence-corrected chi connectivity index (χ0v) is 21.7. The van der Waals surface area contributed by atoms with Gasteiger partial charge in [0, 0.05) is 51.7 Å². The number of nitrogens with zero attached hydrogens (tertiary/aromatic N) is 2. The van der Waals surface area contributed by atoms with Crippen molar-refractivity contribution < 1.29 is 19.7 Å². The van der Waals surface area contributed by atoms with Gasteiger partial charge in [-0.15, -0.1) is 0 Å². The molecule has 0 bridgehead atoms. The molecule has 8 nitrogen and oxygen atoms in total. The largest absolute Gasteiger partial charge is 0.392 e. The van der Waals surface area contributed by atoms with Crippen LogP contribution in [0, 0.1) is 12.8 Å². The van der Waals surface area contributed by atoms with Gasteiger partial charge in [0.05, 0.1) is 18.8 Å². The summed E-state index contributed by atoms with van der Waals surface area (Å²) in [5.41, 5.74) is 2.50. The minimum absolute atomic E-state index is 0.100. The Morgan fingerprint density at radius 3 is 2.47 bits per heavy atom. The van der Waals surface area contributed by atoms with Gasteiger partial charge in [-0.1, -0.05) is 43.3 Å². The van der Waals surface area contributed by atoms with Crippen LogP contribution in [0.2, 0.25) is 0 Å². The van der Waals surface area contributed by atoms with Gasteiger partial charge in [0.15, 0.2) is 5.72 Å². The van der Waals surface area contributed by atoms with E-state index in [-0.39, 0.29) is 24.2 Å². The number of amides is 2. The van der Waals surface area contributed by atoms with Crippen molar-refractivity contribution in [2.45, 2.75) is 51.0 Å². The van der Waals surface area contributed by atoms with E-state index < -0.39 is 5.72 Å². The van der Waals surface area contributed by atoms with Crippen LogP contribution in [0.3, 0.4) is 0 Å². The molecule has 1 aromatic rings. The number of aliphatic hydroxyl groups excluding tert-OH is 2. The zero-order chi connectivity index (χ0) is 25.5. The van der Waals surface area contributed by atoms with E-state index in [0.717, 1.165) is 56.6 Å². The third-order valence-electron chi connectivity index (χ3n) is 7.66. The van der Waals surface area contributed by atoms with E-state index in [9.17, 15) is 15.0 Å². The first-order valence-corrected chi connectivity index (χ1v) is 13.3. The Labute approximate surface area is 215 Å². The molecule has 0 saturated carbocycles. The summed E-state index contributed by atoms with van der Waals surface area (Å²) in [6.07, 6.45) is 7.98. The SMILES string of the molecule is Cc1ccccc1C1=CC=CC(NC(=O)NCCN2CC[C@@H](O)C2)(OCCCN2CC[C@@H](O)C2)C1C. The van der Waals surface area contributed by atoms with Gasteiger partial charge in [-0.25, -0.2) is 4.79 Å². The minimum Gasteiger partial charge on any atom is -0.392 e. The Morgan fingerprint density at radius 2 is 1.81 bits per heavy atom. The highest BCUT2D eigenvalue weighted by Crippen LogP contribution is 2.38. The van der Waals surface area contributed by atoms with E-state index in [2.05, 4.69) is 52.5 Å². The molecular formula is C28H42N4O4. The minimum atomic E-state index is -0.967. The van der Waals surface area contributed by atoms with Gasteiger partial charge in [-0.3, -0.25) is 4.90 Å². The summed E-state index contributed by atoms with van der Waals surface area (Å²) in [6, 6.07) is 8.03. The molecule has 2 aliphatic heterocycles. The molecule has 4 rings (SSSR count). The molecule has 3 aliphatic rings. The van der Waals surface area contributed by atoms with Gasteiger partial charge in [0.2, 0.25) is 0 Å². The average Bonchev–Trinajstić information content (AvgIpc) is 3.46. The standard InChI is InChI=1S/C28H42N4O4/c1-21-7-3-4-8-25(21)26-9-5-12-28(22(26)2,36-18-6-14-31-15-10-23(33)19-31)30-27(35)29-13-17-32-16-11-24(34)20-32/h3-5,7-9,12,22-24,33-34H,6,10-11,13-20H2,1-2H3,(H2,29,30,35)/t22?,23-,24-,28?/m1/s1. The van der Waals surface area contributed by atoms with Gasteiger partial charge in [-0.05, 0) is 49.0 Å². The van der Waals surface area contributed by atoms with Crippen molar-refractivity contribution in [2.24, 2.45) is 5.92 Å². The lowest BCUT2D eigenvalue weighted by molar-refractivity contribution is -0.0501. The van der Waals surface area contributed by atoms with E-state index in [0.29, 0.717) is 26.2 Å². The van der Waals surface area contributed by atoms with Crippen molar-refractivity contribution in [2.75, 3.05) is 52.4 Å². The van der Waals surface area contributed by atoms with Crippen LogP contribution in [-0.2, 0) is 4.74 Å². The molecule has 198 valence electrons. The number of nitrogens with one attached hydrogen (secondary N) is 2. The Morgan fingerprint density at radius 1 is 1.11 bits per heavy atom. The molecular weight excluding hydrogens is 456 g/mol. The molecule has 4 atom stereocenters. The lowest BCUT2D eigenvalue weighted by Crippen LogP contribution is -2.58. The number of benzene rings is 1. The molecule has 1 aliphatic carbocycles. The molecule has 4 N–H and O–H groups in total. The number of hydrogen-bond donors (Lipinski definition) is 4. The summed E-state index contributed by atoms with van der Waals surface area (Å²) in [5.74, 6) is -0.100. The first kappa shape index (κ1) is 26.8. The number of likely N-dealkylation sites (tertiary alicyclic amines) is 2. The highest BCUT2D eigenvalue weighted by molar-refractivity contribution is 5.78. The van der Waals surface area contributed by atoms with Crippen LogP contribution in [0.4, 0.5) is 4.79 Å². The fraction of sp³-hybridized carbons (Fsp3) is 0.607. The highest BCUT2D eigenvalue weighted by Gasteiger charge is 2.40. The van der Waals surface area contributed by atoms with Gasteiger partial charge < -0.3 is 30.5 Å². The second-order valence-electron chi connectivity index (χ2n) is 10.4. The molecule has 2 saturated heterocycles. The van der Waals surface area contributed by atoms with Crippen LogP contribution in [0.5, 0.6) is 0 Å². The second kappa shape index (κ2) is 12.3. The van der Waals surface area contributed by atoms with Crippen molar-refractivity contribution >= 4 is 11.6 Å². The summed E-state index contributed by atoms with van der Waals surface area (Å²) in [5, 5.41) is 25.6. The maximum Gasteiger partial charge on any atom is 0.317 e. The summed E-state index contributed by atoms with van der Waals surface area (Å²) in [7, 11) is 0. The molecule has 2 amide bonds.